The van der Waals surface area contributed by atoms with E-state index in [4.69, 9.17) is 0 Å². The highest BCUT2D eigenvalue weighted by Crippen LogP contribution is 2.21. The van der Waals surface area contributed by atoms with Gasteiger partial charge >= 0.3 is 0 Å². The number of H-pyrrole nitrogens is 1. The van der Waals surface area contributed by atoms with Crippen LogP contribution in [-0.4, -0.2) is 4.98 Å². The number of nitrogens with one attached hydrogen (secondary N) is 1. The topological polar surface area (TPSA) is 32.9 Å². The van der Waals surface area contributed by atoms with Gasteiger partial charge in [0.15, 0.2) is 5.82 Å². The number of hydrogen-bond acceptors (Lipinski definition) is 1. The van der Waals surface area contributed by atoms with E-state index in [0.717, 1.165) is 0 Å². The lowest BCUT2D eigenvalue weighted by molar-refractivity contribution is 0.145. The fraction of sp³-hybridized carbons (Fsp3) is 0.167. The molecule has 1 heterocycles. The van der Waals surface area contributed by atoms with Gasteiger partial charge < -0.3 is 4.98 Å². The summed E-state index contributed by atoms with van der Waals surface area (Å²) in [6, 6.07) is 0. The summed E-state index contributed by atoms with van der Waals surface area (Å²) in [6.45, 7) is 0. The quantitative estimate of drug-likeness (QED) is 0.804. The molecule has 2 nitrogen and oxygen atoms in total. The monoisotopic (exact) mass is 241 g/mol. The van der Waals surface area contributed by atoms with Crippen LogP contribution in [0.5, 0.6) is 0 Å². The molecule has 0 aliphatic rings. The van der Waals surface area contributed by atoms with Crippen LogP contribution in [0, 0.1) is 5.82 Å². The highest BCUT2D eigenvalue weighted by molar-refractivity contribution is 9.10. The van der Waals surface area contributed by atoms with Crippen LogP contribution in [0.3, 0.4) is 0 Å². The van der Waals surface area contributed by atoms with Gasteiger partial charge in [-0.1, -0.05) is 0 Å². The fourth-order valence-electron chi connectivity index (χ4n) is 0.656. The first-order valence-corrected chi connectivity index (χ1v) is 3.68. The van der Waals surface area contributed by atoms with Gasteiger partial charge in [0, 0.05) is 6.20 Å². The number of pyridine rings is 1. The van der Waals surface area contributed by atoms with Crippen LogP contribution < -0.4 is 5.43 Å². The molecule has 0 saturated heterocycles. The van der Waals surface area contributed by atoms with Gasteiger partial charge in [0.1, 0.15) is 5.69 Å². The van der Waals surface area contributed by atoms with Crippen molar-refractivity contribution in [2.45, 2.75) is 6.43 Å². The van der Waals surface area contributed by atoms with E-state index < -0.39 is 27.8 Å². The van der Waals surface area contributed by atoms with Crippen molar-refractivity contribution < 1.29 is 13.2 Å². The van der Waals surface area contributed by atoms with Crippen molar-refractivity contribution in [3.05, 3.63) is 32.4 Å². The van der Waals surface area contributed by atoms with Gasteiger partial charge in [0.25, 0.3) is 6.43 Å². The molecular formula is C6H3BrF3NO. The number of hydrogen-bond donors (Lipinski definition) is 1. The maximum absolute atomic E-state index is 12.4. The Bertz CT molecular complexity index is 349. The highest BCUT2D eigenvalue weighted by atomic mass is 79.9. The number of aromatic amines is 1. The Morgan fingerprint density at radius 2 is 2.08 bits per heavy atom. The van der Waals surface area contributed by atoms with Crippen LogP contribution in [0.25, 0.3) is 0 Å². The van der Waals surface area contributed by atoms with Crippen LogP contribution >= 0.6 is 15.9 Å². The molecule has 0 fully saturated rings. The standard InChI is InChI=1S/C6H3BrF3NO/c7-3-4(6(9)10)11-1-2(8)5(3)12/h1,6H,(H,11,12). The Morgan fingerprint density at radius 3 is 2.58 bits per heavy atom. The summed E-state index contributed by atoms with van der Waals surface area (Å²) >= 11 is 2.57. The van der Waals surface area contributed by atoms with Crippen LogP contribution in [-0.2, 0) is 0 Å². The van der Waals surface area contributed by atoms with E-state index in [2.05, 4.69) is 15.9 Å². The maximum Gasteiger partial charge on any atom is 0.279 e. The predicted octanol–water partition coefficient (Wildman–Crippen LogP) is 2.21. The van der Waals surface area contributed by atoms with Gasteiger partial charge in [-0.3, -0.25) is 4.79 Å². The van der Waals surface area contributed by atoms with E-state index in [0.29, 0.717) is 6.20 Å². The lowest BCUT2D eigenvalue weighted by atomic mass is 10.3. The minimum atomic E-state index is -2.83. The molecule has 0 aliphatic heterocycles. The molecule has 0 bridgehead atoms. The van der Waals surface area contributed by atoms with E-state index in [-0.39, 0.29) is 0 Å². The Labute approximate surface area is 73.5 Å². The average molecular weight is 242 g/mol. The Balaban J connectivity index is 3.37. The van der Waals surface area contributed by atoms with Gasteiger partial charge in [-0.15, -0.1) is 0 Å². The number of aromatic nitrogens is 1. The Morgan fingerprint density at radius 1 is 1.50 bits per heavy atom. The van der Waals surface area contributed by atoms with E-state index >= 15 is 0 Å². The zero-order chi connectivity index (χ0) is 9.30. The van der Waals surface area contributed by atoms with Crippen molar-refractivity contribution in [1.29, 1.82) is 0 Å². The predicted molar refractivity (Wildman–Crippen MR) is 39.7 cm³/mol. The van der Waals surface area contributed by atoms with Crippen molar-refractivity contribution in [2.75, 3.05) is 0 Å². The fourth-order valence-corrected chi connectivity index (χ4v) is 1.13. The lowest BCUT2D eigenvalue weighted by Crippen LogP contribution is -2.11. The van der Waals surface area contributed by atoms with E-state index in [1.807, 2.05) is 4.98 Å². The smallest absolute Gasteiger partial charge is 0.279 e. The summed E-state index contributed by atoms with van der Waals surface area (Å²) in [5, 5.41) is 0. The molecule has 0 saturated carbocycles. The number of rotatable bonds is 1. The lowest BCUT2D eigenvalue weighted by Gasteiger charge is -2.01. The first-order valence-electron chi connectivity index (χ1n) is 2.88. The molecule has 0 atom stereocenters. The molecule has 66 valence electrons. The normalized spacial score (nSPS) is 10.8. The summed E-state index contributed by atoms with van der Waals surface area (Å²) in [5.41, 5.74) is -1.68. The summed E-state index contributed by atoms with van der Waals surface area (Å²) in [6.07, 6.45) is -2.22. The molecule has 1 aromatic heterocycles. The van der Waals surface area contributed by atoms with E-state index in [9.17, 15) is 18.0 Å². The highest BCUT2D eigenvalue weighted by Gasteiger charge is 2.16. The van der Waals surface area contributed by atoms with Crippen molar-refractivity contribution >= 4 is 15.9 Å². The molecule has 6 heteroatoms. The average Bonchev–Trinajstić information content (AvgIpc) is 2.00. The first-order chi connectivity index (χ1) is 5.54. The maximum atomic E-state index is 12.4. The Hall–Kier alpha value is -0.780. The zero-order valence-electron chi connectivity index (χ0n) is 5.57. The molecular weight excluding hydrogens is 239 g/mol. The van der Waals surface area contributed by atoms with Crippen molar-refractivity contribution in [3.8, 4) is 0 Å². The van der Waals surface area contributed by atoms with E-state index in [1.54, 1.807) is 0 Å². The van der Waals surface area contributed by atoms with Crippen LogP contribution in [0.2, 0.25) is 0 Å². The SMILES string of the molecule is O=c1c(F)c[nH]c(C(F)F)c1Br. The number of halogens is 4. The third-order valence-corrected chi connectivity index (χ3v) is 2.01. The molecule has 1 rings (SSSR count). The van der Waals surface area contributed by atoms with Gasteiger partial charge in [0.05, 0.1) is 4.47 Å². The molecule has 0 radical (unpaired) electrons. The summed E-state index contributed by atoms with van der Waals surface area (Å²) in [5.74, 6) is -1.09. The van der Waals surface area contributed by atoms with Gasteiger partial charge in [-0.25, -0.2) is 13.2 Å². The van der Waals surface area contributed by atoms with Gasteiger partial charge in [-0.05, 0) is 15.9 Å². The third-order valence-electron chi connectivity index (χ3n) is 1.23. The van der Waals surface area contributed by atoms with E-state index in [1.165, 1.54) is 0 Å². The number of alkyl halides is 2. The molecule has 1 aromatic rings. The zero-order valence-corrected chi connectivity index (χ0v) is 7.16. The molecule has 0 spiro atoms. The van der Waals surface area contributed by atoms with Crippen LogP contribution in [0.4, 0.5) is 13.2 Å². The molecule has 0 unspecified atom stereocenters. The minimum absolute atomic E-state index is 0.461. The summed E-state index contributed by atoms with van der Waals surface area (Å²) in [4.78, 5) is 12.7. The molecule has 0 aromatic carbocycles. The molecule has 0 aliphatic carbocycles. The molecule has 12 heavy (non-hydrogen) atoms. The van der Waals surface area contributed by atoms with Crippen molar-refractivity contribution in [1.82, 2.24) is 4.98 Å². The third kappa shape index (κ3) is 1.52. The molecule has 1 N–H and O–H groups in total. The van der Waals surface area contributed by atoms with Crippen molar-refractivity contribution in [3.63, 3.8) is 0 Å². The second-order valence-electron chi connectivity index (χ2n) is 1.99. The van der Waals surface area contributed by atoms with Gasteiger partial charge in [0.2, 0.25) is 5.43 Å². The van der Waals surface area contributed by atoms with Crippen LogP contribution in [0.1, 0.15) is 12.1 Å². The van der Waals surface area contributed by atoms with Crippen LogP contribution in [0.15, 0.2) is 15.5 Å². The largest absolute Gasteiger partial charge is 0.357 e. The second kappa shape index (κ2) is 3.30. The summed E-state index contributed by atoms with van der Waals surface area (Å²) in [7, 11) is 0. The van der Waals surface area contributed by atoms with Gasteiger partial charge in [-0.2, -0.15) is 0 Å². The Kier molecular flexibility index (Phi) is 2.56. The molecule has 0 amide bonds. The second-order valence-corrected chi connectivity index (χ2v) is 2.79. The first kappa shape index (κ1) is 9.31. The van der Waals surface area contributed by atoms with Crippen molar-refractivity contribution in [2.24, 2.45) is 0 Å². The summed E-state index contributed by atoms with van der Waals surface area (Å²) < 4.78 is 36.0. The minimum Gasteiger partial charge on any atom is -0.357 e.